The lowest BCUT2D eigenvalue weighted by Gasteiger charge is -2.12. The minimum Gasteiger partial charge on any atom is -0.497 e. The molecule has 0 aliphatic carbocycles. The molecule has 1 aromatic carbocycles. The van der Waals surface area contributed by atoms with Crippen LogP contribution in [0.15, 0.2) is 29.2 Å². The fourth-order valence-corrected chi connectivity index (χ4v) is 3.42. The average Bonchev–Trinajstić information content (AvgIpc) is 2.77. The highest BCUT2D eigenvalue weighted by molar-refractivity contribution is 7.90. The summed E-state index contributed by atoms with van der Waals surface area (Å²) in [5.41, 5.74) is 1.18. The summed E-state index contributed by atoms with van der Waals surface area (Å²) in [5.74, 6) is 0.742. The van der Waals surface area contributed by atoms with Crippen LogP contribution in [0.1, 0.15) is 11.4 Å². The largest absolute Gasteiger partial charge is 0.497 e. The van der Waals surface area contributed by atoms with Crippen molar-refractivity contribution in [1.29, 1.82) is 0 Å². The van der Waals surface area contributed by atoms with Crippen LogP contribution in [-0.4, -0.2) is 31.8 Å². The van der Waals surface area contributed by atoms with Crippen LogP contribution in [-0.2, 0) is 10.0 Å². The van der Waals surface area contributed by atoms with E-state index in [4.69, 9.17) is 9.47 Å². The second-order valence-electron chi connectivity index (χ2n) is 4.29. The van der Waals surface area contributed by atoms with Crippen LogP contribution in [0.25, 0.3) is 0 Å². The molecule has 0 fully saturated rings. The Bertz CT molecular complexity index is 735. The highest BCUT2D eigenvalue weighted by Crippen LogP contribution is 2.30. The fourth-order valence-electron chi connectivity index (χ4n) is 1.93. The number of benzene rings is 1. The highest BCUT2D eigenvalue weighted by atomic mass is 32.2. The van der Waals surface area contributed by atoms with Gasteiger partial charge in [0.25, 0.3) is 10.0 Å². The first-order valence-corrected chi connectivity index (χ1v) is 7.35. The first-order valence-electron chi connectivity index (χ1n) is 5.91. The molecule has 2 rings (SSSR count). The SMILES string of the molecule is COc1ccc(S(=O)(=O)n2nc(C)cc2C)c(OC)c1. The van der Waals surface area contributed by atoms with E-state index in [1.54, 1.807) is 26.0 Å². The Labute approximate surface area is 118 Å². The van der Waals surface area contributed by atoms with Gasteiger partial charge in [0, 0.05) is 6.07 Å². The Morgan fingerprint density at radius 2 is 1.80 bits per heavy atom. The normalized spacial score (nSPS) is 11.4. The summed E-state index contributed by atoms with van der Waals surface area (Å²) in [5, 5.41) is 4.02. The molecule has 0 amide bonds. The maximum absolute atomic E-state index is 12.6. The van der Waals surface area contributed by atoms with Gasteiger partial charge in [0.05, 0.1) is 25.6 Å². The van der Waals surface area contributed by atoms with Crippen molar-refractivity contribution in [3.63, 3.8) is 0 Å². The topological polar surface area (TPSA) is 70.4 Å². The number of rotatable bonds is 4. The monoisotopic (exact) mass is 296 g/mol. The van der Waals surface area contributed by atoms with Gasteiger partial charge in [0.2, 0.25) is 0 Å². The standard InChI is InChI=1S/C13H16N2O4S/c1-9-7-10(2)15(14-9)20(16,17)13-6-5-11(18-3)8-12(13)19-4/h5-8H,1-4H3. The summed E-state index contributed by atoms with van der Waals surface area (Å²) >= 11 is 0. The Balaban J connectivity index is 2.63. The number of nitrogens with zero attached hydrogens (tertiary/aromatic N) is 2. The number of hydrogen-bond donors (Lipinski definition) is 0. The Hall–Kier alpha value is -2.02. The van der Waals surface area contributed by atoms with Gasteiger partial charge in [-0.05, 0) is 32.0 Å². The van der Waals surface area contributed by atoms with E-state index in [0.29, 0.717) is 17.1 Å². The predicted octanol–water partition coefficient (Wildman–Crippen LogP) is 1.75. The van der Waals surface area contributed by atoms with Gasteiger partial charge in [-0.25, -0.2) is 0 Å². The number of aryl methyl sites for hydroxylation is 2. The van der Waals surface area contributed by atoms with Gasteiger partial charge in [0.15, 0.2) is 0 Å². The van der Waals surface area contributed by atoms with E-state index < -0.39 is 10.0 Å². The smallest absolute Gasteiger partial charge is 0.286 e. The first kappa shape index (κ1) is 14.4. The molecule has 108 valence electrons. The maximum Gasteiger partial charge on any atom is 0.286 e. The summed E-state index contributed by atoms with van der Waals surface area (Å²) in [4.78, 5) is 0.0481. The lowest BCUT2D eigenvalue weighted by molar-refractivity contribution is 0.386. The van der Waals surface area contributed by atoms with Crippen LogP contribution in [0.4, 0.5) is 0 Å². The minimum atomic E-state index is -3.79. The van der Waals surface area contributed by atoms with E-state index >= 15 is 0 Å². The summed E-state index contributed by atoms with van der Waals surface area (Å²) in [6.07, 6.45) is 0. The van der Waals surface area contributed by atoms with Crippen LogP contribution in [0.3, 0.4) is 0 Å². The van der Waals surface area contributed by atoms with Crippen LogP contribution in [0, 0.1) is 13.8 Å². The number of ether oxygens (including phenoxy) is 2. The fraction of sp³-hybridized carbons (Fsp3) is 0.308. The third-order valence-electron chi connectivity index (χ3n) is 2.84. The van der Waals surface area contributed by atoms with Gasteiger partial charge in [-0.3, -0.25) is 0 Å². The van der Waals surface area contributed by atoms with Crippen LogP contribution < -0.4 is 9.47 Å². The molecule has 1 aromatic heterocycles. The van der Waals surface area contributed by atoms with E-state index in [-0.39, 0.29) is 10.6 Å². The molecule has 0 aliphatic rings. The summed E-state index contributed by atoms with van der Waals surface area (Å²) in [6, 6.07) is 6.25. The quantitative estimate of drug-likeness (QED) is 0.859. The first-order chi connectivity index (χ1) is 9.40. The molecule has 0 N–H and O–H groups in total. The van der Waals surface area contributed by atoms with Gasteiger partial charge in [0.1, 0.15) is 16.4 Å². The molecular formula is C13H16N2O4S. The molecule has 0 bridgehead atoms. The summed E-state index contributed by atoms with van der Waals surface area (Å²) < 4.78 is 36.5. The molecule has 7 heteroatoms. The second-order valence-corrected chi connectivity index (χ2v) is 6.03. The van der Waals surface area contributed by atoms with Gasteiger partial charge in [-0.15, -0.1) is 0 Å². The van der Waals surface area contributed by atoms with E-state index in [1.165, 1.54) is 26.4 Å². The third kappa shape index (κ3) is 2.36. The van der Waals surface area contributed by atoms with Crippen molar-refractivity contribution in [2.24, 2.45) is 0 Å². The van der Waals surface area contributed by atoms with Crippen molar-refractivity contribution in [2.75, 3.05) is 14.2 Å². The average molecular weight is 296 g/mol. The molecule has 0 unspecified atom stereocenters. The van der Waals surface area contributed by atoms with Crippen molar-refractivity contribution in [3.8, 4) is 11.5 Å². The van der Waals surface area contributed by atoms with Crippen molar-refractivity contribution in [1.82, 2.24) is 9.19 Å². The molecule has 0 saturated heterocycles. The molecular weight excluding hydrogens is 280 g/mol. The molecule has 0 aliphatic heterocycles. The Kier molecular flexibility index (Phi) is 3.71. The van der Waals surface area contributed by atoms with Gasteiger partial charge in [-0.2, -0.15) is 17.6 Å². The third-order valence-corrected chi connectivity index (χ3v) is 4.56. The van der Waals surface area contributed by atoms with E-state index in [1.807, 2.05) is 0 Å². The van der Waals surface area contributed by atoms with Crippen molar-refractivity contribution in [3.05, 3.63) is 35.7 Å². The Morgan fingerprint density at radius 1 is 1.10 bits per heavy atom. The summed E-state index contributed by atoms with van der Waals surface area (Å²) in [7, 11) is -0.876. The Morgan fingerprint density at radius 3 is 2.30 bits per heavy atom. The van der Waals surface area contributed by atoms with Gasteiger partial charge >= 0.3 is 0 Å². The second kappa shape index (κ2) is 5.16. The zero-order valence-corrected chi connectivity index (χ0v) is 12.6. The molecule has 2 aromatic rings. The van der Waals surface area contributed by atoms with Gasteiger partial charge < -0.3 is 9.47 Å². The highest BCUT2D eigenvalue weighted by Gasteiger charge is 2.24. The van der Waals surface area contributed by atoms with Crippen LogP contribution >= 0.6 is 0 Å². The van der Waals surface area contributed by atoms with E-state index in [9.17, 15) is 8.42 Å². The van der Waals surface area contributed by atoms with Crippen LogP contribution in [0.5, 0.6) is 11.5 Å². The lowest BCUT2D eigenvalue weighted by atomic mass is 10.3. The minimum absolute atomic E-state index is 0.0481. The maximum atomic E-state index is 12.6. The van der Waals surface area contributed by atoms with Crippen molar-refractivity contribution in [2.45, 2.75) is 18.7 Å². The van der Waals surface area contributed by atoms with Gasteiger partial charge in [-0.1, -0.05) is 0 Å². The zero-order valence-electron chi connectivity index (χ0n) is 11.7. The summed E-state index contributed by atoms with van der Waals surface area (Å²) in [6.45, 7) is 3.43. The van der Waals surface area contributed by atoms with E-state index in [2.05, 4.69) is 5.10 Å². The molecule has 0 atom stereocenters. The van der Waals surface area contributed by atoms with E-state index in [0.717, 1.165) is 4.09 Å². The number of hydrogen-bond acceptors (Lipinski definition) is 5. The van der Waals surface area contributed by atoms with Crippen molar-refractivity contribution < 1.29 is 17.9 Å². The molecule has 0 spiro atoms. The predicted molar refractivity (Wildman–Crippen MR) is 73.8 cm³/mol. The molecule has 6 nitrogen and oxygen atoms in total. The lowest BCUT2D eigenvalue weighted by Crippen LogP contribution is -2.17. The molecule has 0 radical (unpaired) electrons. The number of aromatic nitrogens is 2. The number of methoxy groups -OCH3 is 2. The zero-order chi connectivity index (χ0) is 14.9. The molecule has 0 saturated carbocycles. The molecule has 20 heavy (non-hydrogen) atoms. The van der Waals surface area contributed by atoms with Crippen LogP contribution in [0.2, 0.25) is 0 Å². The molecule has 1 heterocycles. The van der Waals surface area contributed by atoms with Crippen molar-refractivity contribution >= 4 is 10.0 Å².